The van der Waals surface area contributed by atoms with Crippen LogP contribution in [0, 0.1) is 5.92 Å². The average Bonchev–Trinajstić information content (AvgIpc) is 2.16. The van der Waals surface area contributed by atoms with E-state index >= 15 is 0 Å². The molecule has 0 aliphatic carbocycles. The maximum Gasteiger partial charge on any atom is 0.317 e. The first-order valence-corrected chi connectivity index (χ1v) is 5.19. The van der Waals surface area contributed by atoms with Crippen LogP contribution < -0.4 is 5.32 Å². The fraction of sp³-hybridized carbons (Fsp3) is 0.636. The van der Waals surface area contributed by atoms with Crippen LogP contribution >= 0.6 is 0 Å². The van der Waals surface area contributed by atoms with Crippen molar-refractivity contribution in [1.29, 1.82) is 0 Å². The van der Waals surface area contributed by atoms with Gasteiger partial charge in [-0.25, -0.2) is 4.79 Å². The molecule has 16 heavy (non-hydrogen) atoms. The topological polar surface area (TPSA) is 69.6 Å². The Morgan fingerprint density at radius 1 is 1.44 bits per heavy atom. The molecule has 0 radical (unpaired) electrons. The van der Waals surface area contributed by atoms with E-state index in [1.165, 1.54) is 4.90 Å². The van der Waals surface area contributed by atoms with Gasteiger partial charge < -0.3 is 15.3 Å². The Morgan fingerprint density at radius 2 is 2.00 bits per heavy atom. The van der Waals surface area contributed by atoms with Gasteiger partial charge in [0.25, 0.3) is 0 Å². The van der Waals surface area contributed by atoms with Crippen LogP contribution in [0.1, 0.15) is 20.8 Å². The summed E-state index contributed by atoms with van der Waals surface area (Å²) in [6.45, 7) is 6.13. The Morgan fingerprint density at radius 3 is 2.44 bits per heavy atom. The number of amides is 2. The maximum atomic E-state index is 11.5. The SMILES string of the molecule is CC(C)=CCNC(=O)N(C)CC(C)C(=O)O. The summed E-state index contributed by atoms with van der Waals surface area (Å²) in [6, 6.07) is -0.259. The molecule has 2 amide bonds. The van der Waals surface area contributed by atoms with Gasteiger partial charge in [-0.05, 0) is 13.8 Å². The Balaban J connectivity index is 4.00. The first-order valence-electron chi connectivity index (χ1n) is 5.19. The van der Waals surface area contributed by atoms with Crippen LogP contribution in [0.2, 0.25) is 0 Å². The van der Waals surface area contributed by atoms with Crippen LogP contribution in [-0.4, -0.2) is 42.1 Å². The van der Waals surface area contributed by atoms with Gasteiger partial charge in [-0.3, -0.25) is 4.79 Å². The summed E-state index contributed by atoms with van der Waals surface area (Å²) in [4.78, 5) is 23.4. The minimum absolute atomic E-state index is 0.204. The molecule has 0 heterocycles. The number of nitrogens with one attached hydrogen (secondary N) is 1. The minimum Gasteiger partial charge on any atom is -0.481 e. The van der Waals surface area contributed by atoms with Crippen molar-refractivity contribution in [3.8, 4) is 0 Å². The fourth-order valence-electron chi connectivity index (χ4n) is 1.05. The van der Waals surface area contributed by atoms with Crippen molar-refractivity contribution in [3.63, 3.8) is 0 Å². The van der Waals surface area contributed by atoms with Gasteiger partial charge in [0.2, 0.25) is 0 Å². The van der Waals surface area contributed by atoms with Crippen molar-refractivity contribution in [2.45, 2.75) is 20.8 Å². The third-order valence-corrected chi connectivity index (χ3v) is 2.08. The summed E-state index contributed by atoms with van der Waals surface area (Å²) in [7, 11) is 1.58. The van der Waals surface area contributed by atoms with Crippen LogP contribution in [0.5, 0.6) is 0 Å². The highest BCUT2D eigenvalue weighted by molar-refractivity contribution is 5.75. The van der Waals surface area contributed by atoms with E-state index in [1.807, 2.05) is 19.9 Å². The van der Waals surface area contributed by atoms with Crippen molar-refractivity contribution in [2.24, 2.45) is 5.92 Å². The monoisotopic (exact) mass is 228 g/mol. The van der Waals surface area contributed by atoms with Gasteiger partial charge in [0.15, 0.2) is 0 Å². The Labute approximate surface area is 96.1 Å². The zero-order valence-electron chi connectivity index (χ0n) is 10.3. The molecule has 0 saturated heterocycles. The van der Waals surface area contributed by atoms with Gasteiger partial charge in [0.1, 0.15) is 0 Å². The van der Waals surface area contributed by atoms with E-state index in [-0.39, 0.29) is 12.6 Å². The molecule has 0 bridgehead atoms. The van der Waals surface area contributed by atoms with E-state index in [0.717, 1.165) is 5.57 Å². The molecule has 2 N–H and O–H groups in total. The predicted octanol–water partition coefficient (Wildman–Crippen LogP) is 1.31. The van der Waals surface area contributed by atoms with Gasteiger partial charge in [-0.15, -0.1) is 0 Å². The number of carboxylic acid groups (broad SMARTS) is 1. The summed E-state index contributed by atoms with van der Waals surface area (Å²) < 4.78 is 0. The molecule has 0 rings (SSSR count). The Bertz CT molecular complexity index is 283. The maximum absolute atomic E-state index is 11.5. The third kappa shape index (κ3) is 6.06. The van der Waals surface area contributed by atoms with E-state index in [9.17, 15) is 9.59 Å². The molecule has 0 aromatic carbocycles. The third-order valence-electron chi connectivity index (χ3n) is 2.08. The number of carbonyl (C=O) groups excluding carboxylic acids is 1. The number of aliphatic carboxylic acids is 1. The zero-order chi connectivity index (χ0) is 12.7. The molecule has 1 atom stereocenters. The van der Waals surface area contributed by atoms with Gasteiger partial charge in [-0.1, -0.05) is 18.6 Å². The number of carboxylic acids is 1. The van der Waals surface area contributed by atoms with Crippen LogP contribution in [0.25, 0.3) is 0 Å². The smallest absolute Gasteiger partial charge is 0.317 e. The highest BCUT2D eigenvalue weighted by Crippen LogP contribution is 1.98. The largest absolute Gasteiger partial charge is 0.481 e. The summed E-state index contributed by atoms with van der Waals surface area (Å²) >= 11 is 0. The first-order chi connectivity index (χ1) is 7.34. The van der Waals surface area contributed by atoms with E-state index in [0.29, 0.717) is 6.54 Å². The molecule has 5 nitrogen and oxygen atoms in total. The molecule has 0 aliphatic heterocycles. The predicted molar refractivity (Wildman–Crippen MR) is 62.3 cm³/mol. The molecule has 0 saturated carbocycles. The standard InChI is InChI=1S/C11H20N2O3/c1-8(2)5-6-12-11(16)13(4)7-9(3)10(14)15/h5,9H,6-7H2,1-4H3,(H,12,16)(H,14,15). The molecular formula is C11H20N2O3. The van der Waals surface area contributed by atoms with Crippen molar-refractivity contribution < 1.29 is 14.7 Å². The van der Waals surface area contributed by atoms with E-state index in [2.05, 4.69) is 5.32 Å². The fourth-order valence-corrected chi connectivity index (χ4v) is 1.05. The summed E-state index contributed by atoms with van der Waals surface area (Å²) in [6.07, 6.45) is 1.90. The van der Waals surface area contributed by atoms with Gasteiger partial charge in [0.05, 0.1) is 5.92 Å². The molecule has 0 aliphatic rings. The second kappa shape index (κ2) is 6.87. The van der Waals surface area contributed by atoms with Crippen molar-refractivity contribution in [3.05, 3.63) is 11.6 Å². The van der Waals surface area contributed by atoms with Gasteiger partial charge >= 0.3 is 12.0 Å². The highest BCUT2D eigenvalue weighted by atomic mass is 16.4. The summed E-state index contributed by atoms with van der Waals surface area (Å²) in [5.74, 6) is -1.46. The van der Waals surface area contributed by atoms with Crippen LogP contribution in [0.4, 0.5) is 4.79 Å². The number of urea groups is 1. The highest BCUT2D eigenvalue weighted by Gasteiger charge is 2.16. The second-order valence-corrected chi connectivity index (χ2v) is 4.09. The molecular weight excluding hydrogens is 208 g/mol. The number of rotatable bonds is 5. The average molecular weight is 228 g/mol. The zero-order valence-corrected chi connectivity index (χ0v) is 10.3. The van der Waals surface area contributed by atoms with Crippen LogP contribution in [0.3, 0.4) is 0 Å². The van der Waals surface area contributed by atoms with E-state index < -0.39 is 11.9 Å². The van der Waals surface area contributed by atoms with E-state index in [1.54, 1.807) is 14.0 Å². The molecule has 0 fully saturated rings. The quantitative estimate of drug-likeness (QED) is 0.697. The molecule has 1 unspecified atom stereocenters. The molecule has 5 heteroatoms. The lowest BCUT2D eigenvalue weighted by molar-refractivity contribution is -0.141. The number of nitrogens with zero attached hydrogens (tertiary/aromatic N) is 1. The first kappa shape index (κ1) is 14.5. The number of hydrogen-bond acceptors (Lipinski definition) is 2. The van der Waals surface area contributed by atoms with Crippen molar-refractivity contribution in [2.75, 3.05) is 20.1 Å². The lowest BCUT2D eigenvalue weighted by atomic mass is 10.2. The number of carbonyl (C=O) groups is 2. The molecule has 0 aromatic heterocycles. The van der Waals surface area contributed by atoms with Crippen LogP contribution in [0.15, 0.2) is 11.6 Å². The lowest BCUT2D eigenvalue weighted by Gasteiger charge is -2.19. The molecule has 0 spiro atoms. The van der Waals surface area contributed by atoms with Crippen molar-refractivity contribution >= 4 is 12.0 Å². The number of hydrogen-bond donors (Lipinski definition) is 2. The van der Waals surface area contributed by atoms with Crippen LogP contribution in [-0.2, 0) is 4.79 Å². The summed E-state index contributed by atoms with van der Waals surface area (Å²) in [5, 5.41) is 11.4. The van der Waals surface area contributed by atoms with Crippen molar-refractivity contribution in [1.82, 2.24) is 10.2 Å². The minimum atomic E-state index is -0.899. The number of allylic oxidation sites excluding steroid dienone is 1. The Hall–Kier alpha value is -1.52. The lowest BCUT2D eigenvalue weighted by Crippen LogP contribution is -2.40. The summed E-state index contributed by atoms with van der Waals surface area (Å²) in [5.41, 5.74) is 1.13. The second-order valence-electron chi connectivity index (χ2n) is 4.09. The van der Waals surface area contributed by atoms with Gasteiger partial charge in [-0.2, -0.15) is 0 Å². The Kier molecular flexibility index (Phi) is 6.22. The molecule has 92 valence electrons. The molecule has 0 aromatic rings. The van der Waals surface area contributed by atoms with Gasteiger partial charge in [0, 0.05) is 20.1 Å². The normalized spacial score (nSPS) is 11.5. The van der Waals surface area contributed by atoms with E-state index in [4.69, 9.17) is 5.11 Å².